The summed E-state index contributed by atoms with van der Waals surface area (Å²) in [6.07, 6.45) is 4.07. The lowest BCUT2D eigenvalue weighted by Crippen LogP contribution is -2.58. The third-order valence-electron chi connectivity index (χ3n) is 4.46. The molecule has 1 saturated heterocycles. The smallest absolute Gasteiger partial charge is 0.245 e. The van der Waals surface area contributed by atoms with E-state index in [0.29, 0.717) is 18.8 Å². The third-order valence-corrected chi connectivity index (χ3v) is 4.46. The van der Waals surface area contributed by atoms with E-state index in [4.69, 9.17) is 0 Å². The maximum atomic E-state index is 12.6. The molecule has 1 aromatic heterocycles. The van der Waals surface area contributed by atoms with Gasteiger partial charge in [-0.05, 0) is 25.8 Å². The Morgan fingerprint density at radius 2 is 1.88 bits per heavy atom. The number of piperazine rings is 1. The van der Waals surface area contributed by atoms with Crippen LogP contribution in [0.25, 0.3) is 0 Å². The molecule has 0 spiro atoms. The van der Waals surface area contributed by atoms with Crippen LogP contribution >= 0.6 is 0 Å². The molecule has 130 valence electrons. The van der Waals surface area contributed by atoms with Crippen molar-refractivity contribution < 1.29 is 9.59 Å². The van der Waals surface area contributed by atoms with Crippen LogP contribution in [-0.4, -0.2) is 50.7 Å². The lowest BCUT2D eigenvalue weighted by atomic mass is 10.1. The van der Waals surface area contributed by atoms with Gasteiger partial charge in [0.2, 0.25) is 11.8 Å². The zero-order chi connectivity index (χ0) is 17.8. The second-order valence-electron chi connectivity index (χ2n) is 6.34. The van der Waals surface area contributed by atoms with Crippen molar-refractivity contribution in [2.45, 2.75) is 32.9 Å². The fraction of sp³-hybridized carbons (Fsp3) is 0.368. The van der Waals surface area contributed by atoms with Crippen LogP contribution in [0.15, 0.2) is 42.7 Å². The van der Waals surface area contributed by atoms with Crippen molar-refractivity contribution >= 4 is 11.8 Å². The second-order valence-corrected chi connectivity index (χ2v) is 6.34. The van der Waals surface area contributed by atoms with E-state index >= 15 is 0 Å². The Morgan fingerprint density at radius 1 is 1.12 bits per heavy atom. The van der Waals surface area contributed by atoms with Crippen molar-refractivity contribution in [3.05, 3.63) is 59.7 Å². The van der Waals surface area contributed by atoms with Gasteiger partial charge in [0, 0.05) is 12.7 Å². The Bertz CT molecular complexity index is 746. The molecule has 0 bridgehead atoms. The Balaban J connectivity index is 1.63. The first-order valence-corrected chi connectivity index (χ1v) is 8.44. The first-order chi connectivity index (χ1) is 12.0. The molecule has 1 aliphatic heterocycles. The monoisotopic (exact) mass is 338 g/mol. The maximum absolute atomic E-state index is 12.6. The molecule has 6 nitrogen and oxygen atoms in total. The highest BCUT2D eigenvalue weighted by Gasteiger charge is 2.36. The second kappa shape index (κ2) is 7.42. The minimum atomic E-state index is -0.486. The normalized spacial score (nSPS) is 17.9. The Kier molecular flexibility index (Phi) is 5.07. The lowest BCUT2D eigenvalue weighted by molar-refractivity contribution is -0.155. The molecule has 1 atom stereocenters. The number of aromatic nitrogens is 2. The summed E-state index contributed by atoms with van der Waals surface area (Å²) < 4.78 is 0. The standard InChI is InChI=1S/C19H22N4O2/c1-14-10-21-17(11-20-14)12-23-15(2)19(25)22(13-18(23)24)9-8-16-6-4-3-5-7-16/h3-7,10-11,15H,8-9,12-13H2,1-2H3/t15-/m0/s1. The highest BCUT2D eigenvalue weighted by molar-refractivity contribution is 5.94. The van der Waals surface area contributed by atoms with Gasteiger partial charge < -0.3 is 9.80 Å². The molecule has 3 rings (SSSR count). The van der Waals surface area contributed by atoms with Crippen molar-refractivity contribution in [1.82, 2.24) is 19.8 Å². The molecule has 2 aromatic rings. The highest BCUT2D eigenvalue weighted by atomic mass is 16.2. The van der Waals surface area contributed by atoms with Crippen LogP contribution in [0.5, 0.6) is 0 Å². The maximum Gasteiger partial charge on any atom is 0.245 e. The lowest BCUT2D eigenvalue weighted by Gasteiger charge is -2.38. The summed E-state index contributed by atoms with van der Waals surface area (Å²) in [7, 11) is 0. The fourth-order valence-corrected chi connectivity index (χ4v) is 2.94. The summed E-state index contributed by atoms with van der Waals surface area (Å²) in [5, 5.41) is 0. The minimum Gasteiger partial charge on any atom is -0.331 e. The van der Waals surface area contributed by atoms with Gasteiger partial charge >= 0.3 is 0 Å². The molecule has 1 aliphatic rings. The number of hydrogen-bond donors (Lipinski definition) is 0. The van der Waals surface area contributed by atoms with Crippen molar-refractivity contribution in [3.63, 3.8) is 0 Å². The minimum absolute atomic E-state index is 0.0180. The van der Waals surface area contributed by atoms with E-state index in [0.717, 1.165) is 17.7 Å². The molecule has 0 saturated carbocycles. The van der Waals surface area contributed by atoms with Crippen LogP contribution in [0.2, 0.25) is 0 Å². The van der Waals surface area contributed by atoms with Crippen LogP contribution in [0.4, 0.5) is 0 Å². The van der Waals surface area contributed by atoms with Crippen molar-refractivity contribution in [3.8, 4) is 0 Å². The van der Waals surface area contributed by atoms with Crippen molar-refractivity contribution in [2.75, 3.05) is 13.1 Å². The third kappa shape index (κ3) is 4.02. The zero-order valence-electron chi connectivity index (χ0n) is 14.6. The van der Waals surface area contributed by atoms with Gasteiger partial charge in [0.1, 0.15) is 6.04 Å². The number of nitrogens with zero attached hydrogens (tertiary/aromatic N) is 4. The summed E-state index contributed by atoms with van der Waals surface area (Å²) in [5.41, 5.74) is 2.68. The Labute approximate surface area is 147 Å². The van der Waals surface area contributed by atoms with Crippen LogP contribution in [-0.2, 0) is 22.6 Å². The van der Waals surface area contributed by atoms with Crippen LogP contribution < -0.4 is 0 Å². The summed E-state index contributed by atoms with van der Waals surface area (Å²) in [6.45, 7) is 4.62. The average molecular weight is 338 g/mol. The van der Waals surface area contributed by atoms with Gasteiger partial charge in [-0.15, -0.1) is 0 Å². The number of amides is 2. The summed E-state index contributed by atoms with van der Waals surface area (Å²) in [5.74, 6) is -0.0712. The number of rotatable bonds is 5. The van der Waals surface area contributed by atoms with Crippen LogP contribution in [0, 0.1) is 6.92 Å². The van der Waals surface area contributed by atoms with Crippen LogP contribution in [0.3, 0.4) is 0 Å². The van der Waals surface area contributed by atoms with Gasteiger partial charge in [0.25, 0.3) is 0 Å². The quantitative estimate of drug-likeness (QED) is 0.830. The predicted octanol–water partition coefficient (Wildman–Crippen LogP) is 1.59. The van der Waals surface area contributed by atoms with Crippen LogP contribution in [0.1, 0.15) is 23.9 Å². The molecule has 0 unspecified atom stereocenters. The number of hydrogen-bond acceptors (Lipinski definition) is 4. The molecule has 25 heavy (non-hydrogen) atoms. The van der Waals surface area contributed by atoms with Gasteiger partial charge in [-0.25, -0.2) is 0 Å². The molecule has 2 amide bonds. The first-order valence-electron chi connectivity index (χ1n) is 8.44. The largest absolute Gasteiger partial charge is 0.331 e. The van der Waals surface area contributed by atoms with E-state index in [9.17, 15) is 9.59 Å². The molecule has 1 aromatic carbocycles. The number of carbonyl (C=O) groups excluding carboxylic acids is 2. The highest BCUT2D eigenvalue weighted by Crippen LogP contribution is 2.16. The molecule has 6 heteroatoms. The van der Waals surface area contributed by atoms with Crippen molar-refractivity contribution in [1.29, 1.82) is 0 Å². The average Bonchev–Trinajstić information content (AvgIpc) is 2.63. The molecule has 0 N–H and O–H groups in total. The number of carbonyl (C=O) groups is 2. The topological polar surface area (TPSA) is 66.4 Å². The van der Waals surface area contributed by atoms with Gasteiger partial charge in [-0.2, -0.15) is 0 Å². The van der Waals surface area contributed by atoms with E-state index in [2.05, 4.69) is 9.97 Å². The van der Waals surface area contributed by atoms with E-state index in [1.165, 1.54) is 0 Å². The molecular weight excluding hydrogens is 316 g/mol. The SMILES string of the molecule is Cc1cnc(CN2C(=O)CN(CCc3ccccc3)C(=O)[C@@H]2C)cn1. The van der Waals surface area contributed by atoms with Crippen molar-refractivity contribution in [2.24, 2.45) is 0 Å². The van der Waals surface area contributed by atoms with E-state index in [-0.39, 0.29) is 18.4 Å². The molecule has 0 radical (unpaired) electrons. The van der Waals surface area contributed by atoms with E-state index in [1.54, 1.807) is 29.1 Å². The predicted molar refractivity (Wildman–Crippen MR) is 93.5 cm³/mol. The molecule has 0 aliphatic carbocycles. The van der Waals surface area contributed by atoms with Gasteiger partial charge in [-0.3, -0.25) is 19.6 Å². The van der Waals surface area contributed by atoms with Gasteiger partial charge in [0.15, 0.2) is 0 Å². The molecular formula is C19H22N4O2. The Hall–Kier alpha value is -2.76. The van der Waals surface area contributed by atoms with E-state index in [1.807, 2.05) is 37.3 Å². The Morgan fingerprint density at radius 3 is 2.56 bits per heavy atom. The van der Waals surface area contributed by atoms with Gasteiger partial charge in [-0.1, -0.05) is 30.3 Å². The fourth-order valence-electron chi connectivity index (χ4n) is 2.94. The number of benzene rings is 1. The molecule has 1 fully saturated rings. The van der Waals surface area contributed by atoms with E-state index < -0.39 is 6.04 Å². The van der Waals surface area contributed by atoms with Gasteiger partial charge in [0.05, 0.1) is 30.7 Å². The molecule has 2 heterocycles. The summed E-state index contributed by atoms with van der Waals surface area (Å²) >= 11 is 0. The summed E-state index contributed by atoms with van der Waals surface area (Å²) in [6, 6.07) is 9.49. The zero-order valence-corrected chi connectivity index (χ0v) is 14.6. The first kappa shape index (κ1) is 17.1. The summed E-state index contributed by atoms with van der Waals surface area (Å²) in [4.78, 5) is 36.9. The number of aryl methyl sites for hydroxylation is 1.